The Balaban J connectivity index is 1.77. The van der Waals surface area contributed by atoms with E-state index in [1.54, 1.807) is 13.1 Å². The zero-order valence-corrected chi connectivity index (χ0v) is 15.0. The van der Waals surface area contributed by atoms with Gasteiger partial charge in [0.2, 0.25) is 0 Å². The molecule has 0 saturated carbocycles. The van der Waals surface area contributed by atoms with E-state index >= 15 is 0 Å². The SMILES string of the molecule is CN(/N=C/c1ccc(-c2ccc(CCl)cc2)o1)c1cc(=O)n(C)c(=O)[nH]1. The molecule has 2 heterocycles. The number of aromatic nitrogens is 2. The quantitative estimate of drug-likeness (QED) is 0.424. The number of nitrogens with one attached hydrogen (secondary N) is 1. The van der Waals surface area contributed by atoms with Crippen LogP contribution in [-0.4, -0.2) is 22.8 Å². The van der Waals surface area contributed by atoms with Gasteiger partial charge in [0.15, 0.2) is 0 Å². The van der Waals surface area contributed by atoms with E-state index in [9.17, 15) is 9.59 Å². The van der Waals surface area contributed by atoms with Crippen LogP contribution >= 0.6 is 11.6 Å². The highest BCUT2D eigenvalue weighted by Gasteiger charge is 2.06. The van der Waals surface area contributed by atoms with Crippen molar-refractivity contribution in [1.82, 2.24) is 9.55 Å². The van der Waals surface area contributed by atoms with Crippen molar-refractivity contribution < 1.29 is 4.42 Å². The van der Waals surface area contributed by atoms with Gasteiger partial charge in [0, 0.05) is 31.6 Å². The second kappa shape index (κ2) is 7.45. The summed E-state index contributed by atoms with van der Waals surface area (Å²) in [7, 11) is 3.02. The summed E-state index contributed by atoms with van der Waals surface area (Å²) in [6, 6.07) is 12.7. The summed E-state index contributed by atoms with van der Waals surface area (Å²) in [4.78, 5) is 25.9. The van der Waals surface area contributed by atoms with Crippen molar-refractivity contribution in [3.05, 3.63) is 74.6 Å². The van der Waals surface area contributed by atoms with E-state index in [1.165, 1.54) is 24.3 Å². The van der Waals surface area contributed by atoms with Crippen molar-refractivity contribution >= 4 is 23.6 Å². The topological polar surface area (TPSA) is 83.6 Å². The Hall–Kier alpha value is -3.06. The zero-order chi connectivity index (χ0) is 18.7. The summed E-state index contributed by atoms with van der Waals surface area (Å²) in [5, 5.41) is 5.58. The van der Waals surface area contributed by atoms with Crippen molar-refractivity contribution in [3.8, 4) is 11.3 Å². The Morgan fingerprint density at radius 3 is 2.62 bits per heavy atom. The molecule has 3 aromatic rings. The van der Waals surface area contributed by atoms with E-state index in [4.69, 9.17) is 16.0 Å². The van der Waals surface area contributed by atoms with Crippen molar-refractivity contribution in [3.63, 3.8) is 0 Å². The summed E-state index contributed by atoms with van der Waals surface area (Å²) >= 11 is 5.79. The largest absolute Gasteiger partial charge is 0.455 e. The molecule has 0 aliphatic heterocycles. The lowest BCUT2D eigenvalue weighted by Gasteiger charge is -2.11. The van der Waals surface area contributed by atoms with Crippen molar-refractivity contribution in [2.45, 2.75) is 5.88 Å². The lowest BCUT2D eigenvalue weighted by molar-refractivity contribution is 0.574. The van der Waals surface area contributed by atoms with Gasteiger partial charge < -0.3 is 4.42 Å². The van der Waals surface area contributed by atoms with E-state index in [-0.39, 0.29) is 5.82 Å². The minimum absolute atomic E-state index is 0.290. The van der Waals surface area contributed by atoms with E-state index in [2.05, 4.69) is 10.1 Å². The maximum atomic E-state index is 11.7. The Morgan fingerprint density at radius 1 is 1.23 bits per heavy atom. The van der Waals surface area contributed by atoms with Crippen LogP contribution in [-0.2, 0) is 12.9 Å². The van der Waals surface area contributed by atoms with Gasteiger partial charge >= 0.3 is 5.69 Å². The number of hydrogen-bond donors (Lipinski definition) is 1. The van der Waals surface area contributed by atoms with E-state index in [0.29, 0.717) is 17.4 Å². The van der Waals surface area contributed by atoms with Crippen LogP contribution in [0.5, 0.6) is 0 Å². The molecule has 0 amide bonds. The Labute approximate surface area is 154 Å². The van der Waals surface area contributed by atoms with Gasteiger partial charge in [-0.15, -0.1) is 11.6 Å². The summed E-state index contributed by atoms with van der Waals surface area (Å²) in [5.41, 5.74) is 1.05. The van der Waals surface area contributed by atoms with Crippen LogP contribution in [0.4, 0.5) is 5.82 Å². The number of hydrazone groups is 1. The Kier molecular flexibility index (Phi) is 5.09. The molecule has 0 aliphatic carbocycles. The molecular weight excluding hydrogens is 356 g/mol. The number of nitrogens with zero attached hydrogens (tertiary/aromatic N) is 3. The van der Waals surface area contributed by atoms with E-state index in [0.717, 1.165) is 15.7 Å². The maximum absolute atomic E-state index is 11.7. The number of hydrogen-bond acceptors (Lipinski definition) is 5. The zero-order valence-electron chi connectivity index (χ0n) is 14.3. The van der Waals surface area contributed by atoms with Crippen LogP contribution in [0.2, 0.25) is 0 Å². The molecule has 26 heavy (non-hydrogen) atoms. The average molecular weight is 373 g/mol. The first-order chi connectivity index (χ1) is 12.5. The molecule has 1 N–H and O–H groups in total. The molecule has 0 saturated heterocycles. The first kappa shape index (κ1) is 17.8. The second-order valence-electron chi connectivity index (χ2n) is 5.66. The van der Waals surface area contributed by atoms with Gasteiger partial charge in [-0.3, -0.25) is 19.4 Å². The van der Waals surface area contributed by atoms with Gasteiger partial charge in [0.05, 0.1) is 6.21 Å². The molecule has 0 radical (unpaired) electrons. The summed E-state index contributed by atoms with van der Waals surface area (Å²) in [6.07, 6.45) is 1.51. The second-order valence-corrected chi connectivity index (χ2v) is 5.92. The smallest absolute Gasteiger partial charge is 0.329 e. The molecule has 0 fully saturated rings. The predicted octanol–water partition coefficient (Wildman–Crippen LogP) is 2.54. The normalized spacial score (nSPS) is 11.2. The molecule has 0 bridgehead atoms. The first-order valence-electron chi connectivity index (χ1n) is 7.81. The number of furan rings is 1. The minimum Gasteiger partial charge on any atom is -0.455 e. The average Bonchev–Trinajstić information content (AvgIpc) is 3.12. The fourth-order valence-corrected chi connectivity index (χ4v) is 2.44. The highest BCUT2D eigenvalue weighted by molar-refractivity contribution is 6.17. The van der Waals surface area contributed by atoms with Gasteiger partial charge in [-0.25, -0.2) is 4.79 Å². The molecule has 0 unspecified atom stereocenters. The molecule has 7 nitrogen and oxygen atoms in total. The van der Waals surface area contributed by atoms with Crippen LogP contribution in [0.25, 0.3) is 11.3 Å². The number of rotatable bonds is 5. The fraction of sp³-hybridized carbons (Fsp3) is 0.167. The highest BCUT2D eigenvalue weighted by Crippen LogP contribution is 2.22. The standard InChI is InChI=1S/C18H17ClN4O3/c1-22-17(24)9-16(21-18(22)25)23(2)20-11-14-7-8-15(26-14)13-5-3-12(10-19)4-6-13/h3-9,11H,10H2,1-2H3,(H,21,25)/b20-11+. The Morgan fingerprint density at radius 2 is 1.96 bits per heavy atom. The van der Waals surface area contributed by atoms with E-state index < -0.39 is 11.2 Å². The molecule has 1 aromatic carbocycles. The number of alkyl halides is 1. The molecule has 134 valence electrons. The van der Waals surface area contributed by atoms with Crippen molar-refractivity contribution in [1.29, 1.82) is 0 Å². The third-order valence-electron chi connectivity index (χ3n) is 3.86. The summed E-state index contributed by atoms with van der Waals surface area (Å²) < 4.78 is 6.73. The molecule has 2 aromatic heterocycles. The molecular formula is C18H17ClN4O3. The third kappa shape index (κ3) is 3.78. The van der Waals surface area contributed by atoms with Crippen LogP contribution in [0.15, 0.2) is 61.6 Å². The Bertz CT molecular complexity index is 1020. The molecule has 8 heteroatoms. The fourth-order valence-electron chi connectivity index (χ4n) is 2.26. The number of halogens is 1. The third-order valence-corrected chi connectivity index (χ3v) is 4.17. The van der Waals surface area contributed by atoms with Crippen LogP contribution in [0, 0.1) is 0 Å². The lowest BCUT2D eigenvalue weighted by Crippen LogP contribution is -2.33. The van der Waals surface area contributed by atoms with Crippen LogP contribution in [0.3, 0.4) is 0 Å². The number of aromatic amines is 1. The van der Waals surface area contributed by atoms with Crippen LogP contribution < -0.4 is 16.3 Å². The lowest BCUT2D eigenvalue weighted by atomic mass is 10.1. The van der Waals surface area contributed by atoms with E-state index in [1.807, 2.05) is 30.3 Å². The molecule has 3 rings (SSSR count). The molecule has 0 aliphatic rings. The van der Waals surface area contributed by atoms with Gasteiger partial charge in [-0.2, -0.15) is 5.10 Å². The van der Waals surface area contributed by atoms with Gasteiger partial charge in [-0.05, 0) is 17.7 Å². The molecule has 0 spiro atoms. The summed E-state index contributed by atoms with van der Waals surface area (Å²) in [5.74, 6) is 2.00. The first-order valence-corrected chi connectivity index (χ1v) is 8.34. The minimum atomic E-state index is -0.504. The summed E-state index contributed by atoms with van der Waals surface area (Å²) in [6.45, 7) is 0. The number of benzene rings is 1. The number of anilines is 1. The van der Waals surface area contributed by atoms with Gasteiger partial charge in [-0.1, -0.05) is 24.3 Å². The molecule has 0 atom stereocenters. The predicted molar refractivity (Wildman–Crippen MR) is 102 cm³/mol. The van der Waals surface area contributed by atoms with Gasteiger partial charge in [0.25, 0.3) is 5.56 Å². The van der Waals surface area contributed by atoms with Crippen LogP contribution in [0.1, 0.15) is 11.3 Å². The maximum Gasteiger partial charge on any atom is 0.329 e. The highest BCUT2D eigenvalue weighted by atomic mass is 35.5. The monoisotopic (exact) mass is 372 g/mol. The van der Waals surface area contributed by atoms with Gasteiger partial charge in [0.1, 0.15) is 17.3 Å². The number of H-pyrrole nitrogens is 1. The van der Waals surface area contributed by atoms with Crippen molar-refractivity contribution in [2.24, 2.45) is 12.1 Å². The van der Waals surface area contributed by atoms with Crippen molar-refractivity contribution in [2.75, 3.05) is 12.1 Å².